The highest BCUT2D eigenvalue weighted by molar-refractivity contribution is 7.13. The Morgan fingerprint density at radius 2 is 2.00 bits per heavy atom. The lowest BCUT2D eigenvalue weighted by atomic mass is 9.96. The highest BCUT2D eigenvalue weighted by Gasteiger charge is 2.30. The van der Waals surface area contributed by atoms with Gasteiger partial charge in [0.25, 0.3) is 5.56 Å². The third-order valence-corrected chi connectivity index (χ3v) is 6.50. The van der Waals surface area contributed by atoms with Gasteiger partial charge in [-0.3, -0.25) is 9.59 Å². The van der Waals surface area contributed by atoms with Gasteiger partial charge >= 0.3 is 0 Å². The summed E-state index contributed by atoms with van der Waals surface area (Å²) in [7, 11) is 0. The maximum atomic E-state index is 12.7. The second-order valence-corrected chi connectivity index (χ2v) is 8.44. The first kappa shape index (κ1) is 17.5. The minimum Gasteiger partial charge on any atom is -0.342 e. The number of thiophene rings is 1. The van der Waals surface area contributed by atoms with Crippen LogP contribution in [-0.4, -0.2) is 33.7 Å². The number of amides is 1. The van der Waals surface area contributed by atoms with E-state index in [1.165, 1.54) is 12.8 Å². The van der Waals surface area contributed by atoms with E-state index in [9.17, 15) is 9.59 Å². The van der Waals surface area contributed by atoms with Crippen molar-refractivity contribution < 1.29 is 4.79 Å². The Morgan fingerprint density at radius 3 is 2.77 bits per heavy atom. The minimum absolute atomic E-state index is 0.0652. The number of carbonyl (C=O) groups excluding carboxylic acids is 1. The molecule has 0 radical (unpaired) electrons. The lowest BCUT2D eigenvalue weighted by molar-refractivity contribution is -0.137. The summed E-state index contributed by atoms with van der Waals surface area (Å²) in [5, 5.41) is 6.58. The highest BCUT2D eigenvalue weighted by atomic mass is 32.1. The number of nitrogens with zero attached hydrogens (tertiary/aromatic N) is 3. The van der Waals surface area contributed by atoms with Gasteiger partial charge < -0.3 is 4.90 Å². The Balaban J connectivity index is 1.46. The van der Waals surface area contributed by atoms with Crippen LogP contribution in [0.2, 0.25) is 0 Å². The molecule has 0 N–H and O–H groups in total. The van der Waals surface area contributed by atoms with Gasteiger partial charge in [0, 0.05) is 31.6 Å². The molecule has 0 bridgehead atoms. The van der Waals surface area contributed by atoms with Crippen LogP contribution in [0.15, 0.2) is 34.4 Å². The fourth-order valence-corrected chi connectivity index (χ4v) is 4.92. The number of hydrogen-bond acceptors (Lipinski definition) is 4. The molecule has 1 atom stereocenters. The number of piperidine rings is 1. The standard InChI is InChI=1S/C20H25N3O2S/c24-19-10-9-17(18-8-4-12-26-18)21-23(19)14-15-5-3-11-22(13-15)20(25)16-6-1-2-7-16/h4,8-10,12,15-16H,1-3,5-7,11,13-14H2/t15-/m1/s1. The molecule has 1 saturated heterocycles. The molecular weight excluding hydrogens is 346 g/mol. The lowest BCUT2D eigenvalue weighted by Gasteiger charge is -2.34. The zero-order valence-electron chi connectivity index (χ0n) is 15.0. The van der Waals surface area contributed by atoms with Crippen LogP contribution in [0.1, 0.15) is 38.5 Å². The topological polar surface area (TPSA) is 55.2 Å². The van der Waals surface area contributed by atoms with E-state index in [4.69, 9.17) is 0 Å². The highest BCUT2D eigenvalue weighted by Crippen LogP contribution is 2.29. The molecule has 0 spiro atoms. The van der Waals surface area contributed by atoms with E-state index in [0.29, 0.717) is 18.4 Å². The van der Waals surface area contributed by atoms with E-state index in [1.54, 1.807) is 28.2 Å². The van der Waals surface area contributed by atoms with Gasteiger partial charge in [0.1, 0.15) is 5.69 Å². The Labute approximate surface area is 157 Å². The maximum Gasteiger partial charge on any atom is 0.266 e. The van der Waals surface area contributed by atoms with Crippen molar-refractivity contribution in [3.05, 3.63) is 40.0 Å². The normalized spacial score (nSPS) is 21.2. The van der Waals surface area contributed by atoms with Gasteiger partial charge in [-0.25, -0.2) is 4.68 Å². The van der Waals surface area contributed by atoms with E-state index in [2.05, 4.69) is 5.10 Å². The second kappa shape index (κ2) is 7.74. The van der Waals surface area contributed by atoms with Crippen LogP contribution >= 0.6 is 11.3 Å². The first-order valence-corrected chi connectivity index (χ1v) is 10.5. The molecule has 138 valence electrons. The van der Waals surface area contributed by atoms with Crippen molar-refractivity contribution in [2.75, 3.05) is 13.1 Å². The fourth-order valence-electron chi connectivity index (χ4n) is 4.23. The zero-order chi connectivity index (χ0) is 17.9. The van der Waals surface area contributed by atoms with Crippen molar-refractivity contribution in [1.82, 2.24) is 14.7 Å². The molecule has 6 heteroatoms. The van der Waals surface area contributed by atoms with Crippen LogP contribution in [0.25, 0.3) is 10.6 Å². The van der Waals surface area contributed by atoms with E-state index in [0.717, 1.165) is 49.3 Å². The third-order valence-electron chi connectivity index (χ3n) is 5.61. The van der Waals surface area contributed by atoms with Gasteiger partial charge in [0.15, 0.2) is 0 Å². The van der Waals surface area contributed by atoms with Crippen molar-refractivity contribution in [1.29, 1.82) is 0 Å². The second-order valence-electron chi connectivity index (χ2n) is 7.49. The van der Waals surface area contributed by atoms with Crippen LogP contribution in [0.3, 0.4) is 0 Å². The summed E-state index contributed by atoms with van der Waals surface area (Å²) in [5.41, 5.74) is 0.777. The minimum atomic E-state index is -0.0652. The molecule has 26 heavy (non-hydrogen) atoms. The quantitative estimate of drug-likeness (QED) is 0.828. The summed E-state index contributed by atoms with van der Waals surface area (Å²) >= 11 is 1.62. The Kier molecular flexibility index (Phi) is 5.20. The van der Waals surface area contributed by atoms with Crippen LogP contribution in [0.4, 0.5) is 0 Å². The van der Waals surface area contributed by atoms with Crippen molar-refractivity contribution in [3.8, 4) is 10.6 Å². The number of likely N-dealkylation sites (tertiary alicyclic amines) is 1. The van der Waals surface area contributed by atoms with Gasteiger partial charge in [-0.05, 0) is 49.1 Å². The summed E-state index contributed by atoms with van der Waals surface area (Å²) < 4.78 is 1.59. The average Bonchev–Trinajstić information content (AvgIpc) is 3.37. The van der Waals surface area contributed by atoms with E-state index < -0.39 is 0 Å². The number of aromatic nitrogens is 2. The number of rotatable bonds is 4. The predicted octanol–water partition coefficient (Wildman–Crippen LogP) is 3.40. The van der Waals surface area contributed by atoms with Crippen LogP contribution in [0, 0.1) is 11.8 Å². The summed E-state index contributed by atoms with van der Waals surface area (Å²) in [5.74, 6) is 0.870. The van der Waals surface area contributed by atoms with Crippen molar-refractivity contribution in [2.24, 2.45) is 11.8 Å². The van der Waals surface area contributed by atoms with Gasteiger partial charge in [0.2, 0.25) is 5.91 Å². The van der Waals surface area contributed by atoms with Crippen LogP contribution < -0.4 is 5.56 Å². The molecule has 0 unspecified atom stereocenters. The van der Waals surface area contributed by atoms with Gasteiger partial charge in [-0.15, -0.1) is 11.3 Å². The van der Waals surface area contributed by atoms with E-state index in [-0.39, 0.29) is 11.5 Å². The molecule has 1 saturated carbocycles. The third kappa shape index (κ3) is 3.75. The molecule has 2 fully saturated rings. The molecule has 2 aliphatic rings. The van der Waals surface area contributed by atoms with E-state index >= 15 is 0 Å². The van der Waals surface area contributed by atoms with Crippen LogP contribution in [-0.2, 0) is 11.3 Å². The summed E-state index contributed by atoms with van der Waals surface area (Å²) in [4.78, 5) is 28.1. The molecule has 4 rings (SSSR count). The van der Waals surface area contributed by atoms with Gasteiger partial charge in [-0.1, -0.05) is 18.9 Å². The van der Waals surface area contributed by atoms with Gasteiger partial charge in [0.05, 0.1) is 4.88 Å². The molecule has 1 aliphatic carbocycles. The molecule has 2 aromatic heterocycles. The smallest absolute Gasteiger partial charge is 0.266 e. The SMILES string of the molecule is O=C(C1CCCC1)N1CCC[C@@H](Cn2nc(-c3cccs3)ccc2=O)C1. The molecule has 3 heterocycles. The Hall–Kier alpha value is -1.95. The molecular formula is C20H25N3O2S. The van der Waals surface area contributed by atoms with Crippen molar-refractivity contribution >= 4 is 17.2 Å². The molecule has 2 aromatic rings. The molecule has 5 nitrogen and oxygen atoms in total. The monoisotopic (exact) mass is 371 g/mol. The van der Waals surface area contributed by atoms with Gasteiger partial charge in [-0.2, -0.15) is 5.10 Å². The molecule has 1 aliphatic heterocycles. The Bertz CT molecular complexity index is 809. The number of carbonyl (C=O) groups is 1. The summed E-state index contributed by atoms with van der Waals surface area (Å²) in [6.07, 6.45) is 6.52. The average molecular weight is 372 g/mol. The largest absolute Gasteiger partial charge is 0.342 e. The predicted molar refractivity (Wildman–Crippen MR) is 103 cm³/mol. The summed E-state index contributed by atoms with van der Waals surface area (Å²) in [6.45, 7) is 2.21. The first-order chi connectivity index (χ1) is 12.7. The molecule has 0 aromatic carbocycles. The summed E-state index contributed by atoms with van der Waals surface area (Å²) in [6, 6.07) is 7.41. The first-order valence-electron chi connectivity index (χ1n) is 9.61. The molecule has 1 amide bonds. The fraction of sp³-hybridized carbons (Fsp3) is 0.550. The van der Waals surface area contributed by atoms with E-state index in [1.807, 2.05) is 22.4 Å². The van der Waals surface area contributed by atoms with Crippen molar-refractivity contribution in [2.45, 2.75) is 45.1 Å². The number of hydrogen-bond donors (Lipinski definition) is 0. The van der Waals surface area contributed by atoms with Crippen molar-refractivity contribution in [3.63, 3.8) is 0 Å². The zero-order valence-corrected chi connectivity index (χ0v) is 15.8. The Morgan fingerprint density at radius 1 is 1.15 bits per heavy atom. The van der Waals surface area contributed by atoms with Crippen LogP contribution in [0.5, 0.6) is 0 Å². The lowest BCUT2D eigenvalue weighted by Crippen LogP contribution is -2.44. The maximum absolute atomic E-state index is 12.7.